The van der Waals surface area contributed by atoms with E-state index in [4.69, 9.17) is 5.11 Å². The SMILES string of the molecule is CCCCCCC(C)(O)CCN1CN(C)CN1CCCCCCC(=O)O. The molecule has 0 spiro atoms. The fraction of sp³-hybridized carbons (Fsp3) is 0.950. The summed E-state index contributed by atoms with van der Waals surface area (Å²) in [6, 6.07) is 0. The molecule has 26 heavy (non-hydrogen) atoms. The monoisotopic (exact) mass is 371 g/mol. The van der Waals surface area contributed by atoms with Crippen LogP contribution in [0.2, 0.25) is 0 Å². The molecule has 0 aromatic rings. The summed E-state index contributed by atoms with van der Waals surface area (Å²) >= 11 is 0. The van der Waals surface area contributed by atoms with Crippen molar-refractivity contribution in [2.75, 3.05) is 33.5 Å². The maximum absolute atomic E-state index is 10.6. The van der Waals surface area contributed by atoms with E-state index >= 15 is 0 Å². The highest BCUT2D eigenvalue weighted by Crippen LogP contribution is 2.21. The molecule has 154 valence electrons. The van der Waals surface area contributed by atoms with E-state index in [0.29, 0.717) is 0 Å². The van der Waals surface area contributed by atoms with Gasteiger partial charge in [0.1, 0.15) is 0 Å². The molecule has 1 aliphatic heterocycles. The molecule has 1 fully saturated rings. The summed E-state index contributed by atoms with van der Waals surface area (Å²) < 4.78 is 0. The van der Waals surface area contributed by atoms with Gasteiger partial charge in [-0.05, 0) is 39.7 Å². The average molecular weight is 372 g/mol. The Hall–Kier alpha value is -0.690. The van der Waals surface area contributed by atoms with Gasteiger partial charge in [0.15, 0.2) is 0 Å². The molecule has 0 aromatic carbocycles. The number of rotatable bonds is 15. The predicted molar refractivity (Wildman–Crippen MR) is 106 cm³/mol. The highest BCUT2D eigenvalue weighted by atomic mass is 16.4. The van der Waals surface area contributed by atoms with Crippen molar-refractivity contribution in [3.8, 4) is 0 Å². The fourth-order valence-electron chi connectivity index (χ4n) is 3.56. The van der Waals surface area contributed by atoms with Crippen LogP contribution in [-0.2, 0) is 4.79 Å². The molecule has 1 rings (SSSR count). The normalized spacial score (nSPS) is 19.1. The van der Waals surface area contributed by atoms with Gasteiger partial charge in [-0.2, -0.15) is 0 Å². The lowest BCUT2D eigenvalue weighted by Gasteiger charge is -2.30. The number of unbranched alkanes of at least 4 members (excludes halogenated alkanes) is 6. The van der Waals surface area contributed by atoms with Crippen LogP contribution < -0.4 is 0 Å². The molecule has 1 unspecified atom stereocenters. The van der Waals surface area contributed by atoms with Crippen LogP contribution in [0.5, 0.6) is 0 Å². The molecule has 6 heteroatoms. The molecular formula is C20H41N3O3. The molecule has 0 saturated carbocycles. The van der Waals surface area contributed by atoms with Gasteiger partial charge in [-0.3, -0.25) is 9.69 Å². The Morgan fingerprint density at radius 3 is 2.19 bits per heavy atom. The Balaban J connectivity index is 2.24. The molecule has 0 radical (unpaired) electrons. The van der Waals surface area contributed by atoms with Crippen LogP contribution in [0.4, 0.5) is 0 Å². The molecular weight excluding hydrogens is 330 g/mol. The Morgan fingerprint density at radius 2 is 1.54 bits per heavy atom. The van der Waals surface area contributed by atoms with Crippen molar-refractivity contribution in [2.24, 2.45) is 0 Å². The zero-order valence-corrected chi connectivity index (χ0v) is 17.3. The van der Waals surface area contributed by atoms with E-state index in [0.717, 1.165) is 71.4 Å². The van der Waals surface area contributed by atoms with Gasteiger partial charge in [0.05, 0.1) is 18.9 Å². The number of aliphatic carboxylic acids is 1. The number of carboxylic acid groups (broad SMARTS) is 1. The number of carboxylic acids is 1. The summed E-state index contributed by atoms with van der Waals surface area (Å²) in [5.41, 5.74) is -0.572. The highest BCUT2D eigenvalue weighted by Gasteiger charge is 2.28. The second-order valence-corrected chi connectivity index (χ2v) is 8.21. The molecule has 1 atom stereocenters. The number of hydrogen-bond donors (Lipinski definition) is 2. The quantitative estimate of drug-likeness (QED) is 0.429. The second-order valence-electron chi connectivity index (χ2n) is 8.21. The van der Waals surface area contributed by atoms with Crippen LogP contribution in [0.3, 0.4) is 0 Å². The minimum Gasteiger partial charge on any atom is -0.481 e. The standard InChI is InChI=1S/C20H41N3O3/c1-4-5-6-10-13-20(2,26)14-16-23-18-21(3)17-22(23)15-11-8-7-9-12-19(24)25/h26H,4-18H2,1-3H3,(H,24,25). The predicted octanol–water partition coefficient (Wildman–Crippen LogP) is 3.51. The van der Waals surface area contributed by atoms with Crippen molar-refractivity contribution in [2.45, 2.75) is 90.1 Å². The van der Waals surface area contributed by atoms with Crippen LogP contribution in [0.25, 0.3) is 0 Å². The third kappa shape index (κ3) is 10.5. The summed E-state index contributed by atoms with van der Waals surface area (Å²) in [6.45, 7) is 7.95. The zero-order valence-electron chi connectivity index (χ0n) is 17.3. The Bertz CT molecular complexity index is 390. The molecule has 1 aliphatic rings. The summed E-state index contributed by atoms with van der Waals surface area (Å²) in [6.07, 6.45) is 10.7. The molecule has 0 aliphatic carbocycles. The van der Waals surface area contributed by atoms with Gasteiger partial charge in [0.25, 0.3) is 0 Å². The molecule has 0 amide bonds. The lowest BCUT2D eigenvalue weighted by atomic mass is 9.94. The molecule has 6 nitrogen and oxygen atoms in total. The summed E-state index contributed by atoms with van der Waals surface area (Å²) in [7, 11) is 2.13. The van der Waals surface area contributed by atoms with E-state index in [1.165, 1.54) is 19.3 Å². The second kappa shape index (κ2) is 12.7. The van der Waals surface area contributed by atoms with Crippen molar-refractivity contribution in [1.29, 1.82) is 0 Å². The summed E-state index contributed by atoms with van der Waals surface area (Å²) in [5.74, 6) is -0.695. The number of aliphatic hydroxyl groups is 1. The lowest BCUT2D eigenvalue weighted by Crippen LogP contribution is -2.40. The first kappa shape index (κ1) is 23.3. The van der Waals surface area contributed by atoms with E-state index in [9.17, 15) is 9.90 Å². The van der Waals surface area contributed by atoms with E-state index in [1.54, 1.807) is 0 Å². The van der Waals surface area contributed by atoms with Gasteiger partial charge < -0.3 is 10.2 Å². The van der Waals surface area contributed by atoms with E-state index < -0.39 is 11.6 Å². The number of carbonyl (C=O) groups is 1. The largest absolute Gasteiger partial charge is 0.481 e. The molecule has 0 bridgehead atoms. The van der Waals surface area contributed by atoms with Crippen LogP contribution in [0.15, 0.2) is 0 Å². The number of hydrogen-bond acceptors (Lipinski definition) is 5. The highest BCUT2D eigenvalue weighted by molar-refractivity contribution is 5.66. The van der Waals surface area contributed by atoms with Crippen LogP contribution >= 0.6 is 0 Å². The van der Waals surface area contributed by atoms with Crippen molar-refractivity contribution in [3.63, 3.8) is 0 Å². The number of nitrogens with zero attached hydrogens (tertiary/aromatic N) is 3. The van der Waals surface area contributed by atoms with Crippen molar-refractivity contribution in [1.82, 2.24) is 14.9 Å². The average Bonchev–Trinajstić information content (AvgIpc) is 2.93. The summed E-state index contributed by atoms with van der Waals surface area (Å²) in [4.78, 5) is 12.8. The van der Waals surface area contributed by atoms with E-state index in [-0.39, 0.29) is 6.42 Å². The third-order valence-corrected chi connectivity index (χ3v) is 5.24. The van der Waals surface area contributed by atoms with Gasteiger partial charge in [-0.1, -0.05) is 45.4 Å². The molecule has 1 heterocycles. The lowest BCUT2D eigenvalue weighted by molar-refractivity contribution is -0.137. The molecule has 0 aromatic heterocycles. The maximum Gasteiger partial charge on any atom is 0.303 e. The van der Waals surface area contributed by atoms with Gasteiger partial charge in [-0.15, -0.1) is 0 Å². The van der Waals surface area contributed by atoms with Crippen molar-refractivity contribution >= 4 is 5.97 Å². The Kier molecular flexibility index (Phi) is 11.4. The Morgan fingerprint density at radius 1 is 0.923 bits per heavy atom. The Labute approximate surface area is 160 Å². The van der Waals surface area contributed by atoms with E-state index in [1.807, 2.05) is 6.92 Å². The summed E-state index contributed by atoms with van der Waals surface area (Å²) in [5, 5.41) is 24.0. The first-order valence-corrected chi connectivity index (χ1v) is 10.5. The van der Waals surface area contributed by atoms with Gasteiger partial charge >= 0.3 is 5.97 Å². The topological polar surface area (TPSA) is 67.2 Å². The fourth-order valence-corrected chi connectivity index (χ4v) is 3.56. The molecule has 1 saturated heterocycles. The minimum atomic E-state index is -0.695. The maximum atomic E-state index is 10.6. The first-order valence-electron chi connectivity index (χ1n) is 10.5. The first-order chi connectivity index (χ1) is 12.3. The van der Waals surface area contributed by atoms with Crippen LogP contribution in [0, 0.1) is 0 Å². The smallest absolute Gasteiger partial charge is 0.303 e. The minimum absolute atomic E-state index is 0.284. The number of hydrazine groups is 1. The van der Waals surface area contributed by atoms with Gasteiger partial charge in [0.2, 0.25) is 0 Å². The third-order valence-electron chi connectivity index (χ3n) is 5.24. The van der Waals surface area contributed by atoms with Gasteiger partial charge in [-0.25, -0.2) is 10.0 Å². The molecule has 2 N–H and O–H groups in total. The van der Waals surface area contributed by atoms with Crippen LogP contribution in [-0.4, -0.2) is 70.2 Å². The van der Waals surface area contributed by atoms with Crippen molar-refractivity contribution in [3.05, 3.63) is 0 Å². The van der Waals surface area contributed by atoms with Crippen LogP contribution in [0.1, 0.15) is 84.5 Å². The zero-order chi connectivity index (χ0) is 19.4. The van der Waals surface area contributed by atoms with E-state index in [2.05, 4.69) is 28.9 Å². The van der Waals surface area contributed by atoms with Crippen molar-refractivity contribution < 1.29 is 15.0 Å². The van der Waals surface area contributed by atoms with Gasteiger partial charge in [0, 0.05) is 19.5 Å².